The van der Waals surface area contributed by atoms with Gasteiger partial charge in [0.2, 0.25) is 0 Å². The standard InChI is InChI=1S/C13H15ClN2O2/c14-9-3-4-10-11(8-9)16(5-6-17)13(15-10)12-2-1-7-18-12/h3-4,8,12,17H,1-2,5-7H2. The molecule has 1 unspecified atom stereocenters. The molecule has 2 heterocycles. The van der Waals surface area contributed by atoms with Crippen molar-refractivity contribution in [2.45, 2.75) is 25.5 Å². The zero-order valence-corrected chi connectivity index (χ0v) is 10.7. The Kier molecular flexibility index (Phi) is 3.24. The highest BCUT2D eigenvalue weighted by Gasteiger charge is 2.24. The number of hydrogen-bond acceptors (Lipinski definition) is 3. The largest absolute Gasteiger partial charge is 0.395 e. The SMILES string of the molecule is OCCn1c(C2CCCO2)nc2ccc(Cl)cc21. The van der Waals surface area contributed by atoms with Gasteiger partial charge < -0.3 is 14.4 Å². The minimum Gasteiger partial charge on any atom is -0.395 e. The summed E-state index contributed by atoms with van der Waals surface area (Å²) in [5.41, 5.74) is 1.86. The number of aliphatic hydroxyl groups is 1. The molecule has 4 nitrogen and oxygen atoms in total. The van der Waals surface area contributed by atoms with E-state index < -0.39 is 0 Å². The van der Waals surface area contributed by atoms with Crippen LogP contribution in [0.5, 0.6) is 0 Å². The third kappa shape index (κ3) is 2.00. The molecule has 1 aromatic heterocycles. The summed E-state index contributed by atoms with van der Waals surface area (Å²) < 4.78 is 7.70. The molecule has 0 aliphatic carbocycles. The van der Waals surface area contributed by atoms with Crippen LogP contribution in [-0.4, -0.2) is 27.9 Å². The maximum absolute atomic E-state index is 9.21. The monoisotopic (exact) mass is 266 g/mol. The van der Waals surface area contributed by atoms with E-state index in [-0.39, 0.29) is 12.7 Å². The van der Waals surface area contributed by atoms with Crippen LogP contribution in [0.4, 0.5) is 0 Å². The summed E-state index contributed by atoms with van der Waals surface area (Å²) in [6.45, 7) is 1.39. The molecular formula is C13H15ClN2O2. The zero-order chi connectivity index (χ0) is 12.5. The first-order valence-electron chi connectivity index (χ1n) is 6.18. The van der Waals surface area contributed by atoms with Crippen LogP contribution in [0.15, 0.2) is 18.2 Å². The molecule has 96 valence electrons. The van der Waals surface area contributed by atoms with E-state index in [4.69, 9.17) is 16.3 Å². The highest BCUT2D eigenvalue weighted by atomic mass is 35.5. The lowest BCUT2D eigenvalue weighted by Crippen LogP contribution is -2.10. The van der Waals surface area contributed by atoms with Crippen LogP contribution in [0.2, 0.25) is 5.02 Å². The van der Waals surface area contributed by atoms with Gasteiger partial charge in [0.05, 0.1) is 17.6 Å². The minimum atomic E-state index is 0.0442. The van der Waals surface area contributed by atoms with Gasteiger partial charge in [-0.25, -0.2) is 4.98 Å². The van der Waals surface area contributed by atoms with Gasteiger partial charge in [-0.1, -0.05) is 11.6 Å². The maximum Gasteiger partial charge on any atom is 0.139 e. The van der Waals surface area contributed by atoms with E-state index in [0.717, 1.165) is 36.3 Å². The summed E-state index contributed by atoms with van der Waals surface area (Å²) in [6.07, 6.45) is 2.10. The molecule has 5 heteroatoms. The van der Waals surface area contributed by atoms with E-state index >= 15 is 0 Å². The number of ether oxygens (including phenoxy) is 1. The Morgan fingerprint density at radius 1 is 1.50 bits per heavy atom. The van der Waals surface area contributed by atoms with Gasteiger partial charge in [0, 0.05) is 18.2 Å². The minimum absolute atomic E-state index is 0.0442. The van der Waals surface area contributed by atoms with E-state index in [2.05, 4.69) is 4.98 Å². The van der Waals surface area contributed by atoms with Gasteiger partial charge in [0.25, 0.3) is 0 Å². The fourth-order valence-electron chi connectivity index (χ4n) is 2.48. The predicted molar refractivity (Wildman–Crippen MR) is 69.8 cm³/mol. The molecule has 1 atom stereocenters. The average molecular weight is 267 g/mol. The van der Waals surface area contributed by atoms with Crippen molar-refractivity contribution in [3.63, 3.8) is 0 Å². The third-order valence-corrected chi connectivity index (χ3v) is 3.52. The Morgan fingerprint density at radius 3 is 3.11 bits per heavy atom. The lowest BCUT2D eigenvalue weighted by atomic mass is 10.2. The number of benzene rings is 1. The second-order valence-electron chi connectivity index (χ2n) is 4.48. The van der Waals surface area contributed by atoms with Crippen molar-refractivity contribution in [3.05, 3.63) is 29.0 Å². The summed E-state index contributed by atoms with van der Waals surface area (Å²) >= 11 is 6.02. The predicted octanol–water partition coefficient (Wildman–Crippen LogP) is 2.53. The third-order valence-electron chi connectivity index (χ3n) is 3.28. The quantitative estimate of drug-likeness (QED) is 0.929. The van der Waals surface area contributed by atoms with Crippen molar-refractivity contribution in [3.8, 4) is 0 Å². The lowest BCUT2D eigenvalue weighted by Gasteiger charge is -2.12. The number of nitrogens with zero attached hydrogens (tertiary/aromatic N) is 2. The van der Waals surface area contributed by atoms with Crippen molar-refractivity contribution in [2.75, 3.05) is 13.2 Å². The molecule has 1 fully saturated rings. The van der Waals surface area contributed by atoms with Gasteiger partial charge in [-0.2, -0.15) is 0 Å². The molecule has 1 aliphatic rings. The first-order valence-corrected chi connectivity index (χ1v) is 6.55. The Morgan fingerprint density at radius 2 is 2.39 bits per heavy atom. The smallest absolute Gasteiger partial charge is 0.139 e. The average Bonchev–Trinajstić information content (AvgIpc) is 2.98. The van der Waals surface area contributed by atoms with E-state index in [1.807, 2.05) is 22.8 Å². The van der Waals surface area contributed by atoms with Gasteiger partial charge in [-0.3, -0.25) is 0 Å². The first kappa shape index (κ1) is 12.0. The Labute approximate surface area is 110 Å². The normalized spacial score (nSPS) is 19.8. The molecule has 0 spiro atoms. The van der Waals surface area contributed by atoms with Gasteiger partial charge in [0.15, 0.2) is 0 Å². The number of hydrogen-bond donors (Lipinski definition) is 1. The first-order chi connectivity index (χ1) is 8.79. The van der Waals surface area contributed by atoms with Crippen LogP contribution in [0, 0.1) is 0 Å². The molecule has 18 heavy (non-hydrogen) atoms. The topological polar surface area (TPSA) is 47.3 Å². The maximum atomic E-state index is 9.21. The van der Waals surface area contributed by atoms with Gasteiger partial charge in [0.1, 0.15) is 11.9 Å². The summed E-state index contributed by atoms with van der Waals surface area (Å²) in [5, 5.41) is 9.89. The van der Waals surface area contributed by atoms with Crippen molar-refractivity contribution >= 4 is 22.6 Å². The number of rotatable bonds is 3. The second kappa shape index (κ2) is 4.88. The lowest BCUT2D eigenvalue weighted by molar-refractivity contribution is 0.101. The van der Waals surface area contributed by atoms with Gasteiger partial charge >= 0.3 is 0 Å². The number of halogens is 1. The second-order valence-corrected chi connectivity index (χ2v) is 4.92. The van der Waals surface area contributed by atoms with Crippen molar-refractivity contribution in [1.82, 2.24) is 9.55 Å². The molecule has 0 radical (unpaired) electrons. The molecular weight excluding hydrogens is 252 g/mol. The number of fused-ring (bicyclic) bond motifs is 1. The fourth-order valence-corrected chi connectivity index (χ4v) is 2.64. The van der Waals surface area contributed by atoms with Gasteiger partial charge in [-0.05, 0) is 31.0 Å². The number of aliphatic hydroxyl groups excluding tert-OH is 1. The van der Waals surface area contributed by atoms with E-state index in [1.54, 1.807) is 0 Å². The summed E-state index contributed by atoms with van der Waals surface area (Å²) in [5.74, 6) is 0.902. The van der Waals surface area contributed by atoms with Crippen LogP contribution in [0.1, 0.15) is 24.8 Å². The highest BCUT2D eigenvalue weighted by molar-refractivity contribution is 6.31. The van der Waals surface area contributed by atoms with Crippen LogP contribution in [-0.2, 0) is 11.3 Å². The van der Waals surface area contributed by atoms with Crippen LogP contribution in [0.25, 0.3) is 11.0 Å². The molecule has 1 aromatic carbocycles. The molecule has 3 rings (SSSR count). The Bertz CT molecular complexity index is 561. The molecule has 0 amide bonds. The number of imidazole rings is 1. The van der Waals surface area contributed by atoms with Crippen LogP contribution < -0.4 is 0 Å². The summed E-state index contributed by atoms with van der Waals surface area (Å²) in [4.78, 5) is 4.62. The zero-order valence-electron chi connectivity index (χ0n) is 9.97. The summed E-state index contributed by atoms with van der Waals surface area (Å²) in [7, 11) is 0. The molecule has 1 aliphatic heterocycles. The van der Waals surface area contributed by atoms with Crippen molar-refractivity contribution in [1.29, 1.82) is 0 Å². The van der Waals surface area contributed by atoms with E-state index in [1.165, 1.54) is 0 Å². The highest BCUT2D eigenvalue weighted by Crippen LogP contribution is 2.31. The molecule has 1 saturated heterocycles. The van der Waals surface area contributed by atoms with E-state index in [9.17, 15) is 5.11 Å². The molecule has 1 N–H and O–H groups in total. The molecule has 0 bridgehead atoms. The fraction of sp³-hybridized carbons (Fsp3) is 0.462. The van der Waals surface area contributed by atoms with Gasteiger partial charge in [-0.15, -0.1) is 0 Å². The molecule has 0 saturated carbocycles. The van der Waals surface area contributed by atoms with E-state index in [0.29, 0.717) is 11.6 Å². The van der Waals surface area contributed by atoms with Crippen LogP contribution in [0.3, 0.4) is 0 Å². The van der Waals surface area contributed by atoms with Crippen molar-refractivity contribution in [2.24, 2.45) is 0 Å². The number of aromatic nitrogens is 2. The van der Waals surface area contributed by atoms with Crippen molar-refractivity contribution < 1.29 is 9.84 Å². The Hall–Kier alpha value is -1.10. The molecule has 2 aromatic rings. The summed E-state index contributed by atoms with van der Waals surface area (Å²) in [6, 6.07) is 5.63. The Balaban J connectivity index is 2.13. The van der Waals surface area contributed by atoms with Crippen LogP contribution >= 0.6 is 11.6 Å².